The van der Waals surface area contributed by atoms with Crippen molar-refractivity contribution in [3.63, 3.8) is 0 Å². The van der Waals surface area contributed by atoms with Crippen LogP contribution >= 0.6 is 0 Å². The molecule has 1 heterocycles. The molecule has 2 aliphatic rings. The van der Waals surface area contributed by atoms with E-state index in [4.69, 9.17) is 5.73 Å². The van der Waals surface area contributed by atoms with Crippen molar-refractivity contribution in [2.75, 3.05) is 19.6 Å². The Morgan fingerprint density at radius 1 is 1.33 bits per heavy atom. The molecule has 0 atom stereocenters. The van der Waals surface area contributed by atoms with Crippen LogP contribution < -0.4 is 5.73 Å². The van der Waals surface area contributed by atoms with Crippen molar-refractivity contribution in [2.24, 2.45) is 5.73 Å². The zero-order valence-corrected chi connectivity index (χ0v) is 7.81. The first-order valence-electron chi connectivity index (χ1n) is 4.32. The lowest BCUT2D eigenvalue weighted by atomic mass is 10.3. The van der Waals surface area contributed by atoms with E-state index in [1.54, 1.807) is 4.31 Å². The highest BCUT2D eigenvalue weighted by atomic mass is 32.2. The Hall–Kier alpha value is -0.130. The molecule has 1 aliphatic carbocycles. The summed E-state index contributed by atoms with van der Waals surface area (Å²) >= 11 is 0. The third-order valence-electron chi connectivity index (χ3n) is 2.88. The molecule has 1 saturated carbocycles. The van der Waals surface area contributed by atoms with Gasteiger partial charge in [0.1, 0.15) is 0 Å². The van der Waals surface area contributed by atoms with Gasteiger partial charge >= 0.3 is 0 Å². The SMILES string of the molecule is NCC1(S(=O)(=O)N2CCC2)CC1. The van der Waals surface area contributed by atoms with Crippen molar-refractivity contribution < 1.29 is 8.42 Å². The topological polar surface area (TPSA) is 63.4 Å². The van der Waals surface area contributed by atoms with Crippen LogP contribution in [-0.4, -0.2) is 37.1 Å². The van der Waals surface area contributed by atoms with Crippen molar-refractivity contribution in [3.8, 4) is 0 Å². The summed E-state index contributed by atoms with van der Waals surface area (Å²) in [5.41, 5.74) is 5.47. The smallest absolute Gasteiger partial charge is 0.221 e. The third-order valence-corrected chi connectivity index (χ3v) is 5.60. The van der Waals surface area contributed by atoms with Gasteiger partial charge in [-0.2, -0.15) is 0 Å². The molecule has 0 bridgehead atoms. The fourth-order valence-electron chi connectivity index (χ4n) is 1.51. The lowest BCUT2D eigenvalue weighted by molar-refractivity contribution is 0.304. The molecule has 1 saturated heterocycles. The number of hydrogen-bond donors (Lipinski definition) is 1. The van der Waals surface area contributed by atoms with Gasteiger partial charge in [-0.3, -0.25) is 0 Å². The standard InChI is InChI=1S/C7H14N2O2S/c8-6-7(2-3-7)12(10,11)9-4-1-5-9/h1-6,8H2. The predicted molar refractivity (Wildman–Crippen MR) is 46.1 cm³/mol. The number of rotatable bonds is 3. The van der Waals surface area contributed by atoms with E-state index in [1.807, 2.05) is 0 Å². The quantitative estimate of drug-likeness (QED) is 0.653. The second-order valence-electron chi connectivity index (χ2n) is 3.64. The minimum Gasteiger partial charge on any atom is -0.329 e. The summed E-state index contributed by atoms with van der Waals surface area (Å²) in [5, 5.41) is 0. The van der Waals surface area contributed by atoms with E-state index >= 15 is 0 Å². The molecule has 2 N–H and O–H groups in total. The van der Waals surface area contributed by atoms with Crippen LogP contribution in [0.1, 0.15) is 19.3 Å². The summed E-state index contributed by atoms with van der Waals surface area (Å²) in [6.07, 6.45) is 2.50. The highest BCUT2D eigenvalue weighted by Crippen LogP contribution is 2.45. The Morgan fingerprint density at radius 2 is 1.92 bits per heavy atom. The molecule has 0 spiro atoms. The lowest BCUT2D eigenvalue weighted by Crippen LogP contribution is -2.50. The Kier molecular flexibility index (Phi) is 1.72. The van der Waals surface area contributed by atoms with Crippen molar-refractivity contribution in [3.05, 3.63) is 0 Å². The molecule has 2 fully saturated rings. The summed E-state index contributed by atoms with van der Waals surface area (Å²) in [6, 6.07) is 0. The molecule has 5 heteroatoms. The molecule has 1 aliphatic heterocycles. The van der Waals surface area contributed by atoms with Gasteiger partial charge in [-0.1, -0.05) is 0 Å². The second-order valence-corrected chi connectivity index (χ2v) is 5.98. The minimum atomic E-state index is -3.03. The average molecular weight is 190 g/mol. The zero-order chi connectivity index (χ0) is 8.82. The Morgan fingerprint density at radius 3 is 2.17 bits per heavy atom. The third kappa shape index (κ3) is 0.932. The van der Waals surface area contributed by atoms with E-state index in [0.717, 1.165) is 19.3 Å². The molecule has 0 radical (unpaired) electrons. The van der Waals surface area contributed by atoms with Gasteiger partial charge in [0.15, 0.2) is 0 Å². The fraction of sp³-hybridized carbons (Fsp3) is 1.00. The molecular formula is C7H14N2O2S. The summed E-state index contributed by atoms with van der Waals surface area (Å²) in [4.78, 5) is 0. The Balaban J connectivity index is 2.20. The summed E-state index contributed by atoms with van der Waals surface area (Å²) < 4.78 is 24.5. The highest BCUT2D eigenvalue weighted by Gasteiger charge is 2.56. The fourth-order valence-corrected chi connectivity index (χ4v) is 3.62. The molecule has 0 unspecified atom stereocenters. The van der Waals surface area contributed by atoms with Gasteiger partial charge in [-0.25, -0.2) is 12.7 Å². The van der Waals surface area contributed by atoms with Gasteiger partial charge in [0.25, 0.3) is 0 Å². The minimum absolute atomic E-state index is 0.284. The molecule has 0 aromatic rings. The first-order chi connectivity index (χ1) is 5.62. The molecule has 0 amide bonds. The van der Waals surface area contributed by atoms with Crippen LogP contribution in [0.4, 0.5) is 0 Å². The maximum Gasteiger partial charge on any atom is 0.221 e. The van der Waals surface area contributed by atoms with Gasteiger partial charge < -0.3 is 5.73 Å². The van der Waals surface area contributed by atoms with E-state index in [9.17, 15) is 8.42 Å². The highest BCUT2D eigenvalue weighted by molar-refractivity contribution is 7.90. The van der Waals surface area contributed by atoms with E-state index in [1.165, 1.54) is 0 Å². The first-order valence-corrected chi connectivity index (χ1v) is 5.76. The van der Waals surface area contributed by atoms with Gasteiger partial charge in [0, 0.05) is 19.6 Å². The Labute approximate surface area is 72.8 Å². The van der Waals surface area contributed by atoms with Crippen molar-refractivity contribution >= 4 is 10.0 Å². The van der Waals surface area contributed by atoms with Crippen molar-refractivity contribution in [1.82, 2.24) is 4.31 Å². The van der Waals surface area contributed by atoms with Gasteiger partial charge in [0.2, 0.25) is 10.0 Å². The normalized spacial score (nSPS) is 28.1. The molecule has 12 heavy (non-hydrogen) atoms. The van der Waals surface area contributed by atoms with Gasteiger partial charge in [0.05, 0.1) is 4.75 Å². The van der Waals surface area contributed by atoms with Crippen molar-refractivity contribution in [1.29, 1.82) is 0 Å². The first kappa shape index (κ1) is 8.47. The summed E-state index contributed by atoms with van der Waals surface area (Å²) in [6.45, 7) is 1.68. The van der Waals surface area contributed by atoms with E-state index in [-0.39, 0.29) is 6.54 Å². The van der Waals surface area contributed by atoms with E-state index in [0.29, 0.717) is 13.1 Å². The lowest BCUT2D eigenvalue weighted by Gasteiger charge is -2.33. The maximum atomic E-state index is 11.8. The van der Waals surface area contributed by atoms with Gasteiger partial charge in [-0.15, -0.1) is 0 Å². The predicted octanol–water partition coefficient (Wildman–Crippen LogP) is -0.487. The van der Waals surface area contributed by atoms with Crippen LogP contribution in [0.2, 0.25) is 0 Å². The van der Waals surface area contributed by atoms with E-state index < -0.39 is 14.8 Å². The monoisotopic (exact) mass is 190 g/mol. The number of nitrogens with zero attached hydrogens (tertiary/aromatic N) is 1. The summed E-state index contributed by atoms with van der Waals surface area (Å²) in [7, 11) is -3.03. The number of nitrogens with two attached hydrogens (primary N) is 1. The van der Waals surface area contributed by atoms with Crippen LogP contribution in [0.3, 0.4) is 0 Å². The van der Waals surface area contributed by atoms with Gasteiger partial charge in [-0.05, 0) is 19.3 Å². The average Bonchev–Trinajstić information content (AvgIpc) is 2.60. The second kappa shape index (κ2) is 2.43. The number of sulfonamides is 1. The molecule has 70 valence electrons. The molecule has 4 nitrogen and oxygen atoms in total. The zero-order valence-electron chi connectivity index (χ0n) is 6.99. The molecule has 0 aromatic carbocycles. The molecular weight excluding hydrogens is 176 g/mol. The van der Waals surface area contributed by atoms with Crippen LogP contribution in [0.25, 0.3) is 0 Å². The Bertz CT molecular complexity index is 278. The van der Waals surface area contributed by atoms with E-state index in [2.05, 4.69) is 0 Å². The maximum absolute atomic E-state index is 11.8. The molecule has 2 rings (SSSR count). The summed E-state index contributed by atoms with van der Waals surface area (Å²) in [5.74, 6) is 0. The van der Waals surface area contributed by atoms with Crippen molar-refractivity contribution in [2.45, 2.75) is 24.0 Å². The molecule has 0 aromatic heterocycles. The largest absolute Gasteiger partial charge is 0.329 e. The van der Waals surface area contributed by atoms with Crippen LogP contribution in [0.15, 0.2) is 0 Å². The van der Waals surface area contributed by atoms with Crippen LogP contribution in [0, 0.1) is 0 Å². The number of hydrogen-bond acceptors (Lipinski definition) is 3. The van der Waals surface area contributed by atoms with Crippen LogP contribution in [0.5, 0.6) is 0 Å². The van der Waals surface area contributed by atoms with Crippen LogP contribution in [-0.2, 0) is 10.0 Å².